The molecule has 0 aliphatic carbocycles. The molecule has 3 heterocycles. The van der Waals surface area contributed by atoms with Crippen LogP contribution in [0.2, 0.25) is 0 Å². The summed E-state index contributed by atoms with van der Waals surface area (Å²) in [7, 11) is 0. The third kappa shape index (κ3) is 3.12. The molecule has 7 heteroatoms. The molecule has 0 aliphatic heterocycles. The summed E-state index contributed by atoms with van der Waals surface area (Å²) in [5, 5.41) is 7.28. The molecular formula is C22H17N5O2. The van der Waals surface area contributed by atoms with Crippen molar-refractivity contribution in [1.82, 2.24) is 25.1 Å². The molecule has 0 radical (unpaired) electrons. The minimum Gasteiger partial charge on any atom is -0.452 e. The Kier molecular flexibility index (Phi) is 4.05. The van der Waals surface area contributed by atoms with Crippen molar-refractivity contribution < 1.29 is 9.53 Å². The number of nitrogens with one attached hydrogen (secondary N) is 2. The lowest BCUT2D eigenvalue weighted by Crippen LogP contribution is -2.10. The lowest BCUT2D eigenvalue weighted by Gasteiger charge is -2.11. The van der Waals surface area contributed by atoms with Gasteiger partial charge in [-0.05, 0) is 36.8 Å². The lowest BCUT2D eigenvalue weighted by atomic mass is 10.1. The monoisotopic (exact) mass is 383 g/mol. The molecule has 142 valence electrons. The van der Waals surface area contributed by atoms with Crippen molar-refractivity contribution in [2.24, 2.45) is 0 Å². The number of rotatable bonds is 4. The number of aromatic nitrogens is 5. The Labute approximate surface area is 165 Å². The predicted octanol–water partition coefficient (Wildman–Crippen LogP) is 4.42. The van der Waals surface area contributed by atoms with E-state index >= 15 is 0 Å². The zero-order chi connectivity index (χ0) is 19.8. The van der Waals surface area contributed by atoms with Crippen LogP contribution in [0.4, 0.5) is 0 Å². The Morgan fingerprint density at radius 3 is 2.45 bits per heavy atom. The SMILES string of the molecule is CC(OC(=O)c1nc2cc3[nH][nH]c(-c4ccncc4)c3cc2n1)c1ccccc1. The summed E-state index contributed by atoms with van der Waals surface area (Å²) in [6.07, 6.45) is 3.10. The Hall–Kier alpha value is -4.00. The first-order chi connectivity index (χ1) is 14.2. The highest BCUT2D eigenvalue weighted by Gasteiger charge is 2.19. The fraction of sp³-hybridized carbons (Fsp3) is 0.0909. The molecule has 0 aliphatic rings. The highest BCUT2D eigenvalue weighted by molar-refractivity contribution is 6.01. The number of hydrogen-bond donors (Lipinski definition) is 2. The van der Waals surface area contributed by atoms with Crippen LogP contribution in [-0.4, -0.2) is 31.1 Å². The van der Waals surface area contributed by atoms with Gasteiger partial charge in [-0.2, -0.15) is 0 Å². The van der Waals surface area contributed by atoms with Gasteiger partial charge in [-0.25, -0.2) is 14.8 Å². The second-order valence-electron chi connectivity index (χ2n) is 6.75. The van der Waals surface area contributed by atoms with Gasteiger partial charge in [-0.3, -0.25) is 10.1 Å². The van der Waals surface area contributed by atoms with E-state index in [1.54, 1.807) is 12.4 Å². The number of H-pyrrole nitrogens is 2. The van der Waals surface area contributed by atoms with E-state index in [4.69, 9.17) is 4.74 Å². The molecule has 0 bridgehead atoms. The maximum absolute atomic E-state index is 12.5. The van der Waals surface area contributed by atoms with E-state index in [-0.39, 0.29) is 11.9 Å². The van der Waals surface area contributed by atoms with E-state index in [2.05, 4.69) is 25.1 Å². The first kappa shape index (κ1) is 17.1. The van der Waals surface area contributed by atoms with Gasteiger partial charge in [-0.15, -0.1) is 0 Å². The van der Waals surface area contributed by atoms with Gasteiger partial charge in [-0.1, -0.05) is 30.3 Å². The minimum absolute atomic E-state index is 0.0601. The molecule has 7 nitrogen and oxygen atoms in total. The summed E-state index contributed by atoms with van der Waals surface area (Å²) >= 11 is 0. The van der Waals surface area contributed by atoms with Crippen LogP contribution in [-0.2, 0) is 4.74 Å². The largest absolute Gasteiger partial charge is 0.452 e. The van der Waals surface area contributed by atoms with E-state index in [0.717, 1.165) is 27.7 Å². The number of pyridine rings is 1. The van der Waals surface area contributed by atoms with Crippen molar-refractivity contribution in [2.45, 2.75) is 13.0 Å². The van der Waals surface area contributed by atoms with E-state index in [1.807, 2.05) is 61.5 Å². The van der Waals surface area contributed by atoms with Gasteiger partial charge in [0.15, 0.2) is 0 Å². The number of hydrogen-bond acceptors (Lipinski definition) is 5. The summed E-state index contributed by atoms with van der Waals surface area (Å²) in [6.45, 7) is 1.83. The van der Waals surface area contributed by atoms with Crippen LogP contribution in [0.3, 0.4) is 0 Å². The Morgan fingerprint density at radius 1 is 0.966 bits per heavy atom. The zero-order valence-corrected chi connectivity index (χ0v) is 15.6. The minimum atomic E-state index is -0.540. The average Bonchev–Trinajstić information content (AvgIpc) is 3.36. The summed E-state index contributed by atoms with van der Waals surface area (Å²) in [5.41, 5.74) is 4.99. The van der Waals surface area contributed by atoms with Crippen LogP contribution in [0, 0.1) is 0 Å². The molecule has 5 rings (SSSR count). The summed E-state index contributed by atoms with van der Waals surface area (Å²) in [5.74, 6) is -0.480. The van der Waals surface area contributed by atoms with Crippen molar-refractivity contribution in [1.29, 1.82) is 0 Å². The van der Waals surface area contributed by atoms with Gasteiger partial charge in [0.2, 0.25) is 5.82 Å². The van der Waals surface area contributed by atoms with Crippen LogP contribution in [0.25, 0.3) is 33.2 Å². The molecular weight excluding hydrogens is 366 g/mol. The van der Waals surface area contributed by atoms with Gasteiger partial charge < -0.3 is 9.84 Å². The number of benzene rings is 2. The average molecular weight is 383 g/mol. The number of esters is 1. The van der Waals surface area contributed by atoms with Gasteiger partial charge in [0, 0.05) is 23.3 Å². The molecule has 1 atom stereocenters. The number of nitrogens with zero attached hydrogens (tertiary/aromatic N) is 3. The Balaban J connectivity index is 1.48. The molecule has 29 heavy (non-hydrogen) atoms. The van der Waals surface area contributed by atoms with Crippen molar-refractivity contribution in [2.75, 3.05) is 0 Å². The molecule has 0 fully saturated rings. The van der Waals surface area contributed by atoms with Crippen LogP contribution in [0.1, 0.15) is 29.2 Å². The highest BCUT2D eigenvalue weighted by atomic mass is 16.5. The second-order valence-corrected chi connectivity index (χ2v) is 6.75. The molecule has 0 amide bonds. The number of aromatic amines is 2. The van der Waals surface area contributed by atoms with E-state index in [9.17, 15) is 4.79 Å². The van der Waals surface area contributed by atoms with Crippen LogP contribution < -0.4 is 0 Å². The lowest BCUT2D eigenvalue weighted by molar-refractivity contribution is 0.0325. The highest BCUT2D eigenvalue weighted by Crippen LogP contribution is 2.29. The van der Waals surface area contributed by atoms with E-state index in [1.165, 1.54) is 0 Å². The van der Waals surface area contributed by atoms with Crippen LogP contribution in [0.5, 0.6) is 0 Å². The number of ether oxygens (including phenoxy) is 1. The van der Waals surface area contributed by atoms with Crippen molar-refractivity contribution in [3.8, 4) is 11.3 Å². The third-order valence-electron chi connectivity index (χ3n) is 4.86. The molecule has 5 aromatic rings. The van der Waals surface area contributed by atoms with E-state index in [0.29, 0.717) is 11.0 Å². The number of imidazole rings is 1. The Bertz CT molecular complexity index is 1310. The van der Waals surface area contributed by atoms with Crippen molar-refractivity contribution in [3.05, 3.63) is 78.4 Å². The quantitative estimate of drug-likeness (QED) is 0.448. The number of fused-ring (bicyclic) bond motifs is 2. The van der Waals surface area contributed by atoms with Crippen molar-refractivity contribution >= 4 is 27.9 Å². The smallest absolute Gasteiger partial charge is 0.377 e. The molecule has 0 spiro atoms. The normalized spacial score (nSPS) is 12.3. The first-order valence-corrected chi connectivity index (χ1v) is 9.23. The molecule has 3 aromatic heterocycles. The van der Waals surface area contributed by atoms with Gasteiger partial charge in [0.25, 0.3) is 0 Å². The number of carbonyl (C=O) groups is 1. The maximum atomic E-state index is 12.5. The Morgan fingerprint density at radius 2 is 1.69 bits per heavy atom. The zero-order valence-electron chi connectivity index (χ0n) is 15.6. The van der Waals surface area contributed by atoms with Crippen LogP contribution >= 0.6 is 0 Å². The van der Waals surface area contributed by atoms with E-state index < -0.39 is 5.97 Å². The standard InChI is InChI=1S/C22H17N5O2/c1-13(14-5-3-2-4-6-14)29-22(28)21-24-18-11-16-17(12-19(18)25-21)26-27-20(16)15-7-9-23-10-8-15/h2-13,26-27H,1H3. The topological polar surface area (TPSA) is 96.5 Å². The first-order valence-electron chi connectivity index (χ1n) is 9.23. The molecule has 1 unspecified atom stereocenters. The molecule has 0 saturated heterocycles. The fourth-order valence-electron chi connectivity index (χ4n) is 3.36. The van der Waals surface area contributed by atoms with Gasteiger partial charge in [0.05, 0.1) is 22.2 Å². The van der Waals surface area contributed by atoms with Crippen molar-refractivity contribution in [3.63, 3.8) is 0 Å². The van der Waals surface area contributed by atoms with Gasteiger partial charge >= 0.3 is 5.97 Å². The predicted molar refractivity (Wildman–Crippen MR) is 109 cm³/mol. The number of carbonyl (C=O) groups excluding carboxylic acids is 1. The summed E-state index contributed by atoms with van der Waals surface area (Å²) in [6, 6.07) is 17.2. The third-order valence-corrected chi connectivity index (χ3v) is 4.86. The summed E-state index contributed by atoms with van der Waals surface area (Å²) < 4.78 is 5.54. The fourth-order valence-corrected chi connectivity index (χ4v) is 3.36. The van der Waals surface area contributed by atoms with Crippen LogP contribution in [0.15, 0.2) is 67.0 Å². The molecule has 2 N–H and O–H groups in total. The van der Waals surface area contributed by atoms with Gasteiger partial charge in [0.1, 0.15) is 6.10 Å². The molecule has 2 aromatic carbocycles. The molecule has 0 saturated carbocycles. The summed E-state index contributed by atoms with van der Waals surface area (Å²) in [4.78, 5) is 25.4. The maximum Gasteiger partial charge on any atom is 0.377 e. The second kappa shape index (κ2) is 6.87.